The number of aryl methyl sites for hydroxylation is 3. The van der Waals surface area contributed by atoms with Gasteiger partial charge in [0.2, 0.25) is 5.91 Å². The Morgan fingerprint density at radius 2 is 1.71 bits per heavy atom. The van der Waals surface area contributed by atoms with Gasteiger partial charge in [-0.1, -0.05) is 12.1 Å². The molecule has 178 valence electrons. The van der Waals surface area contributed by atoms with Crippen LogP contribution in [0.4, 0.5) is 0 Å². The molecule has 7 heteroatoms. The fourth-order valence-electron chi connectivity index (χ4n) is 4.46. The predicted octanol–water partition coefficient (Wildman–Crippen LogP) is 4.18. The standard InChI is InChI=1S/C27H31N3O4/c1-30-13-12-28-27(30)26(21-15-22(33-2)17-23(16-21)34-3)29-25(32)11-10-24(31)20-9-8-18-6-4-5-7-19(18)14-20/h8-9,12-17,26H,4-7,10-11H2,1-3H3,(H,29,32). The van der Waals surface area contributed by atoms with Crippen LogP contribution in [-0.4, -0.2) is 35.5 Å². The van der Waals surface area contributed by atoms with Crippen LogP contribution >= 0.6 is 0 Å². The Labute approximate surface area is 200 Å². The molecule has 1 unspecified atom stereocenters. The second-order valence-corrected chi connectivity index (χ2v) is 8.66. The number of imidazole rings is 1. The van der Waals surface area contributed by atoms with E-state index < -0.39 is 6.04 Å². The highest BCUT2D eigenvalue weighted by Gasteiger charge is 2.23. The second-order valence-electron chi connectivity index (χ2n) is 8.66. The maximum absolute atomic E-state index is 12.9. The summed E-state index contributed by atoms with van der Waals surface area (Å²) in [6.45, 7) is 0. The highest BCUT2D eigenvalue weighted by Crippen LogP contribution is 2.29. The van der Waals surface area contributed by atoms with Gasteiger partial charge in [-0.15, -0.1) is 0 Å². The largest absolute Gasteiger partial charge is 0.497 e. The summed E-state index contributed by atoms with van der Waals surface area (Å²) in [5.41, 5.74) is 4.07. The van der Waals surface area contributed by atoms with Gasteiger partial charge in [-0.2, -0.15) is 0 Å². The minimum atomic E-state index is -0.518. The number of hydrogen-bond acceptors (Lipinski definition) is 5. The normalized spacial score (nSPS) is 13.6. The molecule has 0 spiro atoms. The predicted molar refractivity (Wildman–Crippen MR) is 129 cm³/mol. The lowest BCUT2D eigenvalue weighted by molar-refractivity contribution is -0.121. The van der Waals surface area contributed by atoms with Gasteiger partial charge < -0.3 is 19.4 Å². The lowest BCUT2D eigenvalue weighted by atomic mass is 9.89. The number of ketones is 1. The van der Waals surface area contributed by atoms with Gasteiger partial charge in [0.15, 0.2) is 5.78 Å². The molecular weight excluding hydrogens is 430 g/mol. The van der Waals surface area contributed by atoms with Crippen molar-refractivity contribution >= 4 is 11.7 Å². The van der Waals surface area contributed by atoms with E-state index in [1.165, 1.54) is 17.5 Å². The number of rotatable bonds is 9. The summed E-state index contributed by atoms with van der Waals surface area (Å²) in [4.78, 5) is 30.2. The molecule has 1 atom stereocenters. The number of nitrogens with zero attached hydrogens (tertiary/aromatic N) is 2. The molecule has 0 aliphatic heterocycles. The van der Waals surface area contributed by atoms with Crippen molar-refractivity contribution < 1.29 is 19.1 Å². The van der Waals surface area contributed by atoms with Gasteiger partial charge in [-0.05, 0) is 60.6 Å². The summed E-state index contributed by atoms with van der Waals surface area (Å²) in [5, 5.41) is 3.05. The van der Waals surface area contributed by atoms with Crippen molar-refractivity contribution in [2.24, 2.45) is 7.05 Å². The number of methoxy groups -OCH3 is 2. The Bertz CT molecular complexity index is 1160. The van der Waals surface area contributed by atoms with Crippen molar-refractivity contribution in [3.8, 4) is 11.5 Å². The topological polar surface area (TPSA) is 82.4 Å². The molecule has 1 heterocycles. The van der Waals surface area contributed by atoms with E-state index in [0.717, 1.165) is 24.8 Å². The number of nitrogens with one attached hydrogen (secondary N) is 1. The second kappa shape index (κ2) is 10.5. The molecular formula is C27H31N3O4. The van der Waals surface area contributed by atoms with Crippen molar-refractivity contribution in [2.45, 2.75) is 44.6 Å². The van der Waals surface area contributed by atoms with Crippen LogP contribution < -0.4 is 14.8 Å². The van der Waals surface area contributed by atoms with Crippen LogP contribution in [0.5, 0.6) is 11.5 Å². The van der Waals surface area contributed by atoms with E-state index in [4.69, 9.17) is 9.47 Å². The maximum Gasteiger partial charge on any atom is 0.221 e. The maximum atomic E-state index is 12.9. The molecule has 0 saturated carbocycles. The molecule has 1 N–H and O–H groups in total. The number of carbonyl (C=O) groups is 2. The molecule has 0 bridgehead atoms. The number of hydrogen-bond donors (Lipinski definition) is 1. The summed E-state index contributed by atoms with van der Waals surface area (Å²) < 4.78 is 12.7. The van der Waals surface area contributed by atoms with Crippen LogP contribution in [-0.2, 0) is 24.7 Å². The van der Waals surface area contributed by atoms with Crippen LogP contribution in [0.25, 0.3) is 0 Å². The van der Waals surface area contributed by atoms with Crippen molar-refractivity contribution in [2.75, 3.05) is 14.2 Å². The van der Waals surface area contributed by atoms with E-state index in [2.05, 4.69) is 16.4 Å². The average Bonchev–Trinajstić information content (AvgIpc) is 3.30. The van der Waals surface area contributed by atoms with Crippen LogP contribution in [0, 0.1) is 0 Å². The summed E-state index contributed by atoms with van der Waals surface area (Å²) in [6.07, 6.45) is 8.23. The zero-order valence-electron chi connectivity index (χ0n) is 20.0. The fraction of sp³-hybridized carbons (Fsp3) is 0.370. The Kier molecular flexibility index (Phi) is 7.30. The molecule has 0 fully saturated rings. The molecule has 0 radical (unpaired) electrons. The number of carbonyl (C=O) groups excluding carboxylic acids is 2. The summed E-state index contributed by atoms with van der Waals surface area (Å²) >= 11 is 0. The SMILES string of the molecule is COc1cc(OC)cc(C(NC(=O)CCC(=O)c2ccc3c(c2)CCCC3)c2nccn2C)c1. The minimum Gasteiger partial charge on any atom is -0.497 e. The van der Waals surface area contributed by atoms with Crippen LogP contribution in [0.3, 0.4) is 0 Å². The van der Waals surface area contributed by atoms with Gasteiger partial charge in [0.25, 0.3) is 0 Å². The lowest BCUT2D eigenvalue weighted by Gasteiger charge is -2.20. The quantitative estimate of drug-likeness (QED) is 0.483. The first kappa shape index (κ1) is 23.5. The number of amides is 1. The molecule has 1 aromatic heterocycles. The van der Waals surface area contributed by atoms with E-state index in [0.29, 0.717) is 22.9 Å². The summed E-state index contributed by atoms with van der Waals surface area (Å²) in [6, 6.07) is 10.9. The van der Waals surface area contributed by atoms with E-state index >= 15 is 0 Å². The van der Waals surface area contributed by atoms with Crippen molar-refractivity contribution in [3.05, 3.63) is 76.9 Å². The minimum absolute atomic E-state index is 0.0138. The first-order chi connectivity index (χ1) is 16.5. The fourth-order valence-corrected chi connectivity index (χ4v) is 4.46. The van der Waals surface area contributed by atoms with Crippen molar-refractivity contribution in [1.29, 1.82) is 0 Å². The molecule has 2 aromatic carbocycles. The molecule has 1 aliphatic carbocycles. The van der Waals surface area contributed by atoms with Crippen molar-refractivity contribution in [1.82, 2.24) is 14.9 Å². The highest BCUT2D eigenvalue weighted by molar-refractivity contribution is 5.98. The van der Waals surface area contributed by atoms with Crippen LogP contribution in [0.1, 0.15) is 64.6 Å². The Balaban J connectivity index is 1.48. The van der Waals surface area contributed by atoms with E-state index in [9.17, 15) is 9.59 Å². The molecule has 7 nitrogen and oxygen atoms in total. The smallest absolute Gasteiger partial charge is 0.221 e. The van der Waals surface area contributed by atoms with E-state index in [-0.39, 0.29) is 24.5 Å². The molecule has 0 saturated heterocycles. The Hall–Kier alpha value is -3.61. The average molecular weight is 462 g/mol. The summed E-state index contributed by atoms with van der Waals surface area (Å²) in [7, 11) is 5.04. The van der Waals surface area contributed by atoms with E-state index in [1.807, 2.05) is 42.1 Å². The molecule has 4 rings (SSSR count). The van der Waals surface area contributed by atoms with Gasteiger partial charge in [-0.25, -0.2) is 4.98 Å². The number of aromatic nitrogens is 2. The summed E-state index contributed by atoms with van der Waals surface area (Å²) in [5.74, 6) is 1.67. The lowest BCUT2D eigenvalue weighted by Crippen LogP contribution is -2.31. The number of Topliss-reactive ketones (excluding diaryl/α,β-unsaturated/α-hetero) is 1. The van der Waals surface area contributed by atoms with Gasteiger partial charge in [0, 0.05) is 43.9 Å². The van der Waals surface area contributed by atoms with Gasteiger partial charge in [-0.3, -0.25) is 9.59 Å². The van der Waals surface area contributed by atoms with Crippen molar-refractivity contribution in [3.63, 3.8) is 0 Å². The molecule has 34 heavy (non-hydrogen) atoms. The third kappa shape index (κ3) is 5.30. The number of benzene rings is 2. The Morgan fingerprint density at radius 3 is 2.35 bits per heavy atom. The monoisotopic (exact) mass is 461 g/mol. The molecule has 1 aliphatic rings. The molecule has 3 aromatic rings. The zero-order chi connectivity index (χ0) is 24.1. The Morgan fingerprint density at radius 1 is 1.00 bits per heavy atom. The van der Waals surface area contributed by atoms with Crippen LogP contribution in [0.15, 0.2) is 48.8 Å². The third-order valence-electron chi connectivity index (χ3n) is 6.38. The number of fused-ring (bicyclic) bond motifs is 1. The third-order valence-corrected chi connectivity index (χ3v) is 6.38. The zero-order valence-corrected chi connectivity index (χ0v) is 20.0. The van der Waals surface area contributed by atoms with Gasteiger partial charge >= 0.3 is 0 Å². The highest BCUT2D eigenvalue weighted by atomic mass is 16.5. The molecule has 1 amide bonds. The first-order valence-electron chi connectivity index (χ1n) is 11.6. The van der Waals surface area contributed by atoms with Gasteiger partial charge in [0.1, 0.15) is 23.4 Å². The number of ether oxygens (including phenoxy) is 2. The first-order valence-corrected chi connectivity index (χ1v) is 11.6. The van der Waals surface area contributed by atoms with Crippen LogP contribution in [0.2, 0.25) is 0 Å². The van der Waals surface area contributed by atoms with Gasteiger partial charge in [0.05, 0.1) is 14.2 Å². The van der Waals surface area contributed by atoms with E-state index in [1.54, 1.807) is 26.5 Å².